The van der Waals surface area contributed by atoms with Crippen molar-refractivity contribution in [3.8, 4) is 11.1 Å². The van der Waals surface area contributed by atoms with Crippen LogP contribution in [0.1, 0.15) is 15.9 Å². The smallest absolute Gasteiger partial charge is 0.336 e. The molecule has 0 unspecified atom stereocenters. The maximum Gasteiger partial charge on any atom is 0.336 e. The van der Waals surface area contributed by atoms with E-state index in [1.54, 1.807) is 24.3 Å². The maximum atomic E-state index is 11.2. The molecule has 0 saturated heterocycles. The van der Waals surface area contributed by atoms with Gasteiger partial charge in [-0.15, -0.1) is 0 Å². The Balaban J connectivity index is 2.65. The van der Waals surface area contributed by atoms with Crippen molar-refractivity contribution >= 4 is 17.6 Å². The summed E-state index contributed by atoms with van der Waals surface area (Å²) in [6.45, 7) is 1.93. The van der Waals surface area contributed by atoms with Crippen molar-refractivity contribution in [1.82, 2.24) is 0 Å². The fraction of sp³-hybridized carbons (Fsp3) is 0.0714. The fourth-order valence-electron chi connectivity index (χ4n) is 1.74. The summed E-state index contributed by atoms with van der Waals surface area (Å²) in [4.78, 5) is 11.2. The number of carbonyl (C=O) groups is 1. The second kappa shape index (κ2) is 4.60. The highest BCUT2D eigenvalue weighted by atomic mass is 35.5. The third-order valence-corrected chi connectivity index (χ3v) is 2.78. The van der Waals surface area contributed by atoms with Gasteiger partial charge in [0.2, 0.25) is 0 Å². The summed E-state index contributed by atoms with van der Waals surface area (Å²) in [7, 11) is 0. The van der Waals surface area contributed by atoms with Crippen LogP contribution in [0.5, 0.6) is 0 Å². The lowest BCUT2D eigenvalue weighted by Crippen LogP contribution is -1.99. The van der Waals surface area contributed by atoms with E-state index in [2.05, 4.69) is 0 Å². The summed E-state index contributed by atoms with van der Waals surface area (Å²) < 4.78 is 0. The number of rotatable bonds is 2. The number of halogens is 1. The predicted molar refractivity (Wildman–Crippen MR) is 68.6 cm³/mol. The van der Waals surface area contributed by atoms with Crippen molar-refractivity contribution in [3.63, 3.8) is 0 Å². The molecule has 2 rings (SSSR count). The zero-order valence-corrected chi connectivity index (χ0v) is 10.0. The highest BCUT2D eigenvalue weighted by molar-refractivity contribution is 6.30. The molecule has 1 N–H and O–H groups in total. The number of aryl methyl sites for hydroxylation is 1. The largest absolute Gasteiger partial charge is 0.478 e. The van der Waals surface area contributed by atoms with Crippen molar-refractivity contribution in [3.05, 3.63) is 58.6 Å². The third kappa shape index (κ3) is 2.48. The summed E-state index contributed by atoms with van der Waals surface area (Å²) in [6, 6.07) is 12.5. The molecule has 0 spiro atoms. The van der Waals surface area contributed by atoms with Crippen LogP contribution >= 0.6 is 11.6 Å². The van der Waals surface area contributed by atoms with Gasteiger partial charge in [-0.1, -0.05) is 41.4 Å². The molecule has 0 radical (unpaired) electrons. The summed E-state index contributed by atoms with van der Waals surface area (Å²) in [5.41, 5.74) is 2.82. The average Bonchev–Trinajstić information content (AvgIpc) is 2.28. The van der Waals surface area contributed by atoms with Gasteiger partial charge < -0.3 is 5.11 Å². The van der Waals surface area contributed by atoms with E-state index in [0.717, 1.165) is 11.1 Å². The number of aromatic carboxylic acids is 1. The quantitative estimate of drug-likeness (QED) is 0.869. The zero-order valence-electron chi connectivity index (χ0n) is 9.27. The molecule has 2 aromatic rings. The number of benzene rings is 2. The predicted octanol–water partition coefficient (Wildman–Crippen LogP) is 4.01. The molecule has 0 saturated carbocycles. The highest BCUT2D eigenvalue weighted by Crippen LogP contribution is 2.27. The van der Waals surface area contributed by atoms with Crippen LogP contribution in [-0.2, 0) is 0 Å². The van der Waals surface area contributed by atoms with Gasteiger partial charge >= 0.3 is 5.97 Å². The van der Waals surface area contributed by atoms with Crippen molar-refractivity contribution in [2.45, 2.75) is 6.92 Å². The first-order valence-electron chi connectivity index (χ1n) is 5.18. The Morgan fingerprint density at radius 2 is 1.94 bits per heavy atom. The molecule has 0 aromatic heterocycles. The lowest BCUT2D eigenvalue weighted by molar-refractivity contribution is 0.0698. The minimum atomic E-state index is -0.931. The lowest BCUT2D eigenvalue weighted by atomic mass is 9.98. The number of hydrogen-bond acceptors (Lipinski definition) is 1. The van der Waals surface area contributed by atoms with Crippen molar-refractivity contribution in [2.75, 3.05) is 0 Å². The molecule has 2 aromatic carbocycles. The van der Waals surface area contributed by atoms with Crippen LogP contribution < -0.4 is 0 Å². The molecular weight excluding hydrogens is 236 g/mol. The van der Waals surface area contributed by atoms with Gasteiger partial charge in [0.05, 0.1) is 5.56 Å². The molecule has 0 aliphatic carbocycles. The SMILES string of the molecule is Cc1ccc(C(=O)O)c(-c2cccc(Cl)c2)c1. The molecule has 3 heteroatoms. The second-order valence-corrected chi connectivity index (χ2v) is 4.30. The molecule has 0 bridgehead atoms. The normalized spacial score (nSPS) is 10.2. The van der Waals surface area contributed by atoms with Crippen molar-refractivity contribution in [2.24, 2.45) is 0 Å². The van der Waals surface area contributed by atoms with Gasteiger partial charge in [0.1, 0.15) is 0 Å². The van der Waals surface area contributed by atoms with E-state index in [-0.39, 0.29) is 5.56 Å². The average molecular weight is 247 g/mol. The Bertz CT molecular complexity index is 576. The Kier molecular flexibility index (Phi) is 3.16. The Labute approximate surface area is 104 Å². The zero-order chi connectivity index (χ0) is 12.4. The number of hydrogen-bond donors (Lipinski definition) is 1. The van der Waals surface area contributed by atoms with Crippen LogP contribution in [0.3, 0.4) is 0 Å². The molecule has 0 fully saturated rings. The first-order valence-corrected chi connectivity index (χ1v) is 5.55. The Hall–Kier alpha value is -1.80. The van der Waals surface area contributed by atoms with Gasteiger partial charge in [0, 0.05) is 5.02 Å². The van der Waals surface area contributed by atoms with Crippen LogP contribution in [-0.4, -0.2) is 11.1 Å². The molecule has 0 amide bonds. The number of carboxylic acids is 1. The van der Waals surface area contributed by atoms with E-state index in [1.807, 2.05) is 25.1 Å². The van der Waals surface area contributed by atoms with Gasteiger partial charge in [0.25, 0.3) is 0 Å². The summed E-state index contributed by atoms with van der Waals surface area (Å²) >= 11 is 5.92. The first-order chi connectivity index (χ1) is 8.08. The van der Waals surface area contributed by atoms with Crippen LogP contribution in [0.4, 0.5) is 0 Å². The molecule has 86 valence electrons. The van der Waals surface area contributed by atoms with E-state index in [4.69, 9.17) is 16.7 Å². The molecule has 0 heterocycles. The van der Waals surface area contributed by atoms with Crippen LogP contribution in [0.2, 0.25) is 5.02 Å². The van der Waals surface area contributed by atoms with E-state index in [9.17, 15) is 4.79 Å². The van der Waals surface area contributed by atoms with Gasteiger partial charge in [-0.3, -0.25) is 0 Å². The topological polar surface area (TPSA) is 37.3 Å². The minimum absolute atomic E-state index is 0.290. The molecule has 0 atom stereocenters. The molecular formula is C14H11ClO2. The van der Waals surface area contributed by atoms with Gasteiger partial charge in [-0.25, -0.2) is 4.79 Å². The molecule has 0 aliphatic rings. The van der Waals surface area contributed by atoms with Crippen molar-refractivity contribution in [1.29, 1.82) is 0 Å². The van der Waals surface area contributed by atoms with E-state index >= 15 is 0 Å². The molecule has 2 nitrogen and oxygen atoms in total. The second-order valence-electron chi connectivity index (χ2n) is 3.86. The third-order valence-electron chi connectivity index (χ3n) is 2.54. The Morgan fingerprint density at radius 3 is 2.59 bits per heavy atom. The maximum absolute atomic E-state index is 11.2. The van der Waals surface area contributed by atoms with E-state index < -0.39 is 5.97 Å². The Morgan fingerprint density at radius 1 is 1.18 bits per heavy atom. The fourth-order valence-corrected chi connectivity index (χ4v) is 1.93. The first kappa shape index (κ1) is 11.7. The van der Waals surface area contributed by atoms with E-state index in [1.165, 1.54) is 0 Å². The van der Waals surface area contributed by atoms with E-state index in [0.29, 0.717) is 10.6 Å². The summed E-state index contributed by atoms with van der Waals surface area (Å²) in [5.74, 6) is -0.931. The molecule has 17 heavy (non-hydrogen) atoms. The van der Waals surface area contributed by atoms with Crippen LogP contribution in [0.15, 0.2) is 42.5 Å². The number of carboxylic acid groups (broad SMARTS) is 1. The summed E-state index contributed by atoms with van der Waals surface area (Å²) in [5, 5.41) is 9.75. The molecule has 0 aliphatic heterocycles. The van der Waals surface area contributed by atoms with Gasteiger partial charge in [-0.05, 0) is 36.2 Å². The summed E-state index contributed by atoms with van der Waals surface area (Å²) in [6.07, 6.45) is 0. The van der Waals surface area contributed by atoms with Crippen molar-refractivity contribution < 1.29 is 9.90 Å². The lowest BCUT2D eigenvalue weighted by Gasteiger charge is -2.08. The highest BCUT2D eigenvalue weighted by Gasteiger charge is 2.11. The van der Waals surface area contributed by atoms with Gasteiger partial charge in [0.15, 0.2) is 0 Å². The monoisotopic (exact) mass is 246 g/mol. The standard InChI is InChI=1S/C14H11ClO2/c1-9-5-6-12(14(16)17)13(7-9)10-3-2-4-11(15)8-10/h2-8H,1H3,(H,16,17). The van der Waals surface area contributed by atoms with Crippen LogP contribution in [0, 0.1) is 6.92 Å². The van der Waals surface area contributed by atoms with Crippen LogP contribution in [0.25, 0.3) is 11.1 Å². The minimum Gasteiger partial charge on any atom is -0.478 e. The van der Waals surface area contributed by atoms with Gasteiger partial charge in [-0.2, -0.15) is 0 Å².